The van der Waals surface area contributed by atoms with Crippen LogP contribution in [0.2, 0.25) is 0 Å². The Kier molecular flexibility index (Phi) is 12.3. The molecule has 2 aliphatic carbocycles. The van der Waals surface area contributed by atoms with Gasteiger partial charge in [-0.25, -0.2) is 13.2 Å². The van der Waals surface area contributed by atoms with Gasteiger partial charge in [0, 0.05) is 23.8 Å². The number of alkyl halides is 3. The lowest BCUT2D eigenvalue weighted by molar-refractivity contribution is -0.222. The fourth-order valence-corrected chi connectivity index (χ4v) is 9.75. The summed E-state index contributed by atoms with van der Waals surface area (Å²) < 4.78 is 89.6. The molecule has 7 atom stereocenters. The molecular weight excluding hydrogens is 824 g/mol. The average Bonchev–Trinajstić information content (AvgIpc) is 4.03. The number of nitrogens with zero attached hydrogens (tertiary/aromatic N) is 3. The SMILES string of the molecule is COc1ccc2c(O[C@@H]3C[C@H]4C(=O)N[C@]5(C(=O)NS(=O)(=O)C6(C)CC6)C[C@H]5/C=C\CC[C@H](C)C[C@@H](C)[C@H](N(C(=O)O)C(C)(C)C(F)(F)F)C(=O)N4C3)nc(OC(C)C)cc2c1. The molecule has 3 heterocycles. The van der Waals surface area contributed by atoms with Crippen LogP contribution in [0.4, 0.5) is 18.0 Å². The normalized spacial score (nSPS) is 28.7. The zero-order chi connectivity index (χ0) is 45.0. The second-order valence-electron chi connectivity index (χ2n) is 18.1. The molecule has 15 nitrogen and oxygen atoms in total. The van der Waals surface area contributed by atoms with Crippen LogP contribution in [0.3, 0.4) is 0 Å². The Hall–Kier alpha value is -4.81. The number of pyridine rings is 1. The first kappa shape index (κ1) is 45.7. The monoisotopic (exact) mass is 879 g/mol. The minimum Gasteiger partial charge on any atom is -0.497 e. The number of allylic oxidation sites excluding steroid dienone is 1. The zero-order valence-electron chi connectivity index (χ0n) is 35.7. The van der Waals surface area contributed by atoms with E-state index >= 15 is 4.79 Å². The quantitative estimate of drug-likeness (QED) is 0.239. The number of hydrogen-bond donors (Lipinski definition) is 3. The van der Waals surface area contributed by atoms with Gasteiger partial charge in [-0.15, -0.1) is 0 Å². The highest BCUT2D eigenvalue weighted by Crippen LogP contribution is 2.48. The van der Waals surface area contributed by atoms with Gasteiger partial charge in [0.15, 0.2) is 0 Å². The molecule has 1 aromatic carbocycles. The van der Waals surface area contributed by atoms with Crippen molar-refractivity contribution in [2.24, 2.45) is 17.8 Å². The van der Waals surface area contributed by atoms with E-state index in [2.05, 4.69) is 15.0 Å². The van der Waals surface area contributed by atoms with Gasteiger partial charge in [-0.05, 0) is 109 Å². The van der Waals surface area contributed by atoms with Crippen molar-refractivity contribution < 1.29 is 60.1 Å². The van der Waals surface area contributed by atoms with E-state index in [1.54, 1.807) is 50.3 Å². The topological polar surface area (TPSA) is 194 Å². The van der Waals surface area contributed by atoms with Gasteiger partial charge >= 0.3 is 12.3 Å². The number of nitrogens with one attached hydrogen (secondary N) is 2. The molecule has 4 aliphatic rings. The van der Waals surface area contributed by atoms with Gasteiger partial charge < -0.3 is 29.5 Å². The third kappa shape index (κ3) is 9.07. The highest BCUT2D eigenvalue weighted by atomic mass is 32.2. The van der Waals surface area contributed by atoms with Crippen molar-refractivity contribution in [3.05, 3.63) is 36.4 Å². The molecule has 0 spiro atoms. The Morgan fingerprint density at radius 3 is 2.41 bits per heavy atom. The van der Waals surface area contributed by atoms with E-state index in [4.69, 9.17) is 14.2 Å². The number of sulfonamides is 1. The van der Waals surface area contributed by atoms with Crippen LogP contribution in [0.5, 0.6) is 17.5 Å². The number of carbonyl (C=O) groups excluding carboxylic acids is 3. The maximum Gasteiger partial charge on any atom is 0.411 e. The number of ether oxygens (including phenoxy) is 3. The van der Waals surface area contributed by atoms with Gasteiger partial charge in [-0.2, -0.15) is 18.2 Å². The van der Waals surface area contributed by atoms with Gasteiger partial charge in [-0.3, -0.25) is 24.0 Å². The van der Waals surface area contributed by atoms with Crippen molar-refractivity contribution in [3.8, 4) is 17.5 Å². The molecule has 2 saturated carbocycles. The highest BCUT2D eigenvalue weighted by Gasteiger charge is 2.64. The van der Waals surface area contributed by atoms with Gasteiger partial charge in [0.2, 0.25) is 33.6 Å². The third-order valence-corrected chi connectivity index (χ3v) is 14.8. The first-order valence-electron chi connectivity index (χ1n) is 20.6. The molecular formula is C42H56F3N5O10S. The van der Waals surface area contributed by atoms with Crippen molar-refractivity contribution in [2.75, 3.05) is 13.7 Å². The maximum atomic E-state index is 15.1. The van der Waals surface area contributed by atoms with E-state index in [9.17, 15) is 41.1 Å². The number of hydrogen-bond acceptors (Lipinski definition) is 10. The molecule has 0 radical (unpaired) electrons. The molecule has 2 aromatic rings. The summed E-state index contributed by atoms with van der Waals surface area (Å²) >= 11 is 0. The van der Waals surface area contributed by atoms with Crippen molar-refractivity contribution in [1.82, 2.24) is 24.8 Å². The van der Waals surface area contributed by atoms with E-state index < -0.39 is 85.9 Å². The van der Waals surface area contributed by atoms with Gasteiger partial charge in [-0.1, -0.05) is 26.0 Å². The minimum absolute atomic E-state index is 0.0394. The molecule has 61 heavy (non-hydrogen) atoms. The molecule has 3 N–H and O–H groups in total. The molecule has 1 aromatic heterocycles. The maximum absolute atomic E-state index is 15.1. The van der Waals surface area contributed by atoms with E-state index in [0.717, 1.165) is 4.90 Å². The van der Waals surface area contributed by atoms with Crippen molar-refractivity contribution in [2.45, 2.75) is 140 Å². The number of aromatic nitrogens is 1. The van der Waals surface area contributed by atoms with Gasteiger partial charge in [0.25, 0.3) is 5.91 Å². The van der Waals surface area contributed by atoms with Crippen LogP contribution >= 0.6 is 0 Å². The van der Waals surface area contributed by atoms with E-state index in [1.807, 2.05) is 6.92 Å². The van der Waals surface area contributed by atoms with Crippen LogP contribution in [0.15, 0.2) is 36.4 Å². The first-order valence-corrected chi connectivity index (χ1v) is 22.1. The second kappa shape index (κ2) is 16.5. The summed E-state index contributed by atoms with van der Waals surface area (Å²) in [5, 5.41) is 14.4. The molecule has 4 amide bonds. The Bertz CT molecular complexity index is 2200. The minimum atomic E-state index is -5.11. The predicted octanol–water partition coefficient (Wildman–Crippen LogP) is 5.95. The Labute approximate surface area is 353 Å². The molecule has 19 heteroatoms. The largest absolute Gasteiger partial charge is 0.497 e. The fraction of sp³-hybridized carbons (Fsp3) is 0.643. The average molecular weight is 880 g/mol. The Morgan fingerprint density at radius 1 is 1.11 bits per heavy atom. The number of halogens is 3. The molecule has 0 bridgehead atoms. The van der Waals surface area contributed by atoms with Crippen LogP contribution in [0.25, 0.3) is 10.8 Å². The summed E-state index contributed by atoms with van der Waals surface area (Å²) in [6.45, 7) is 9.48. The predicted molar refractivity (Wildman–Crippen MR) is 217 cm³/mol. The zero-order valence-corrected chi connectivity index (χ0v) is 36.5. The molecule has 2 aliphatic heterocycles. The summed E-state index contributed by atoms with van der Waals surface area (Å²) in [4.78, 5) is 62.5. The van der Waals surface area contributed by atoms with Crippen molar-refractivity contribution in [3.63, 3.8) is 0 Å². The summed E-state index contributed by atoms with van der Waals surface area (Å²) in [7, 11) is -2.63. The molecule has 336 valence electrons. The lowest BCUT2D eigenvalue weighted by Crippen LogP contribution is -2.66. The molecule has 1 saturated heterocycles. The van der Waals surface area contributed by atoms with Gasteiger partial charge in [0.05, 0.1) is 24.5 Å². The van der Waals surface area contributed by atoms with E-state index in [0.29, 0.717) is 56.1 Å². The molecule has 0 unspecified atom stereocenters. The number of methoxy groups -OCH3 is 1. The van der Waals surface area contributed by atoms with Crippen LogP contribution in [-0.2, 0) is 24.4 Å². The highest BCUT2D eigenvalue weighted by molar-refractivity contribution is 7.91. The van der Waals surface area contributed by atoms with Crippen molar-refractivity contribution in [1.29, 1.82) is 0 Å². The van der Waals surface area contributed by atoms with Crippen LogP contribution in [0.1, 0.15) is 93.4 Å². The van der Waals surface area contributed by atoms with Crippen molar-refractivity contribution >= 4 is 44.6 Å². The molecule has 3 fully saturated rings. The fourth-order valence-electron chi connectivity index (χ4n) is 8.44. The summed E-state index contributed by atoms with van der Waals surface area (Å²) in [6.07, 6.45) is -3.29. The smallest absolute Gasteiger partial charge is 0.411 e. The lowest BCUT2D eigenvalue weighted by Gasteiger charge is -2.45. The lowest BCUT2D eigenvalue weighted by atomic mass is 9.85. The van der Waals surface area contributed by atoms with Crippen LogP contribution in [-0.4, -0.2) is 112 Å². The van der Waals surface area contributed by atoms with Crippen LogP contribution < -0.4 is 24.2 Å². The Balaban J connectivity index is 1.44. The number of carbonyl (C=O) groups is 4. The first-order chi connectivity index (χ1) is 28.3. The summed E-state index contributed by atoms with van der Waals surface area (Å²) in [5.41, 5.74) is -4.79. The van der Waals surface area contributed by atoms with Crippen LogP contribution in [0, 0.1) is 17.8 Å². The number of amides is 4. The number of carboxylic acid groups (broad SMARTS) is 1. The molecule has 6 rings (SSSR count). The van der Waals surface area contributed by atoms with E-state index in [1.165, 1.54) is 21.0 Å². The standard InChI is InChI=1S/C42H56F3N5O10S/c1-23(2)59-32-19-26-18-28(58-8)13-14-30(26)35(46-32)60-29-20-31-34(51)47-41(37(53)48-61(56,57)40(7)15-16-40)21-27(41)12-10-9-11-24(3)17-25(4)33(36(52)49(31)22-29)50(38(54)55)39(5,6)42(43,44)45/h10,12-14,18-19,23-25,27,29,31,33H,9,11,15-17,20-22H2,1-8H3,(H,47,51)(H,48,53)(H,54,55)/b12-10-/t24-,25+,27+,29+,31-,33-,41+/m0/s1. The summed E-state index contributed by atoms with van der Waals surface area (Å²) in [6, 6.07) is 3.37. The summed E-state index contributed by atoms with van der Waals surface area (Å²) in [5.74, 6) is -3.92. The number of rotatable bonds is 10. The van der Waals surface area contributed by atoms with Gasteiger partial charge in [0.1, 0.15) is 35.0 Å². The number of fused-ring (bicyclic) bond motifs is 3. The number of benzene rings is 1. The second-order valence-corrected chi connectivity index (χ2v) is 20.3. The third-order valence-electron chi connectivity index (χ3n) is 12.6. The Morgan fingerprint density at radius 2 is 1.80 bits per heavy atom. The van der Waals surface area contributed by atoms with E-state index in [-0.39, 0.29) is 54.5 Å².